The predicted molar refractivity (Wildman–Crippen MR) is 106 cm³/mol. The number of benzene rings is 1. The summed E-state index contributed by atoms with van der Waals surface area (Å²) in [4.78, 5) is 17.0. The van der Waals surface area contributed by atoms with Crippen LogP contribution in [0.1, 0.15) is 61.3 Å². The molecule has 0 saturated heterocycles. The summed E-state index contributed by atoms with van der Waals surface area (Å²) >= 11 is 0. The van der Waals surface area contributed by atoms with E-state index in [1.165, 1.54) is 0 Å². The van der Waals surface area contributed by atoms with Crippen LogP contribution < -0.4 is 10.6 Å². The van der Waals surface area contributed by atoms with Crippen LogP contribution in [0.25, 0.3) is 0 Å². The van der Waals surface area contributed by atoms with E-state index in [0.717, 1.165) is 55.2 Å². The van der Waals surface area contributed by atoms with Gasteiger partial charge in [-0.05, 0) is 48.6 Å². The van der Waals surface area contributed by atoms with Crippen molar-refractivity contribution >= 4 is 6.03 Å². The van der Waals surface area contributed by atoms with Gasteiger partial charge < -0.3 is 15.7 Å². The molecule has 1 fully saturated rings. The fraction of sp³-hybridized carbons (Fsp3) is 0.455. The van der Waals surface area contributed by atoms with Crippen LogP contribution in [0.15, 0.2) is 48.8 Å². The molecule has 2 amide bonds. The summed E-state index contributed by atoms with van der Waals surface area (Å²) in [5, 5.41) is 16.2. The summed E-state index contributed by atoms with van der Waals surface area (Å²) < 4.78 is 0. The molecule has 1 heterocycles. The minimum atomic E-state index is -0.519. The first-order valence-electron chi connectivity index (χ1n) is 9.78. The summed E-state index contributed by atoms with van der Waals surface area (Å²) in [5.74, 6) is 0. The summed E-state index contributed by atoms with van der Waals surface area (Å²) in [6.45, 7) is 2.02. The Kier molecular flexibility index (Phi) is 6.45. The van der Waals surface area contributed by atoms with Gasteiger partial charge in [0.15, 0.2) is 0 Å². The number of nitrogens with one attached hydrogen (secondary N) is 2. The molecule has 0 spiro atoms. The number of aromatic nitrogens is 1. The average Bonchev–Trinajstić information content (AvgIpc) is 2.93. The van der Waals surface area contributed by atoms with E-state index in [-0.39, 0.29) is 18.7 Å². The molecule has 2 aromatic rings. The van der Waals surface area contributed by atoms with Crippen molar-refractivity contribution in [3.8, 4) is 0 Å². The second-order valence-electron chi connectivity index (χ2n) is 7.52. The van der Waals surface area contributed by atoms with Crippen molar-refractivity contribution < 1.29 is 9.90 Å². The zero-order valence-corrected chi connectivity index (χ0v) is 15.9. The number of aliphatic hydroxyl groups is 1. The van der Waals surface area contributed by atoms with Crippen LogP contribution in [0.5, 0.6) is 0 Å². The number of amides is 2. The Hall–Kier alpha value is -2.40. The standard InChI is InChI=1S/C22H29N3O2/c1-17-8-4-5-9-19(17)20(18-10-14-23-15-11-18)24-21(27)25-22(16-26)12-6-2-3-7-13-22/h4-5,8-11,14-15,20,26H,2-3,6-7,12-13,16H2,1H3,(H2,24,25,27). The number of carbonyl (C=O) groups is 1. The molecule has 1 saturated carbocycles. The molecule has 1 aliphatic rings. The van der Waals surface area contributed by atoms with Crippen molar-refractivity contribution in [2.75, 3.05) is 6.61 Å². The van der Waals surface area contributed by atoms with Gasteiger partial charge in [-0.2, -0.15) is 0 Å². The first-order valence-corrected chi connectivity index (χ1v) is 9.78. The van der Waals surface area contributed by atoms with Crippen molar-refractivity contribution in [2.45, 2.75) is 57.0 Å². The van der Waals surface area contributed by atoms with Crippen LogP contribution in [0, 0.1) is 6.92 Å². The highest BCUT2D eigenvalue weighted by molar-refractivity contribution is 5.76. The molecule has 3 N–H and O–H groups in total. The molecule has 1 aromatic carbocycles. The van der Waals surface area contributed by atoms with Gasteiger partial charge in [0.1, 0.15) is 0 Å². The van der Waals surface area contributed by atoms with Gasteiger partial charge >= 0.3 is 6.03 Å². The van der Waals surface area contributed by atoms with Gasteiger partial charge in [0.05, 0.1) is 18.2 Å². The van der Waals surface area contributed by atoms with Crippen molar-refractivity contribution in [1.82, 2.24) is 15.6 Å². The Morgan fingerprint density at radius 2 is 1.78 bits per heavy atom. The van der Waals surface area contributed by atoms with Gasteiger partial charge in [-0.15, -0.1) is 0 Å². The third-order valence-electron chi connectivity index (χ3n) is 5.56. The lowest BCUT2D eigenvalue weighted by molar-refractivity contribution is 0.145. The van der Waals surface area contributed by atoms with E-state index in [0.29, 0.717) is 0 Å². The van der Waals surface area contributed by atoms with E-state index < -0.39 is 5.54 Å². The molecular formula is C22H29N3O2. The van der Waals surface area contributed by atoms with Gasteiger partial charge in [-0.1, -0.05) is 49.9 Å². The third kappa shape index (κ3) is 4.86. The molecule has 5 nitrogen and oxygen atoms in total. The molecule has 0 bridgehead atoms. The molecule has 1 aromatic heterocycles. The zero-order valence-electron chi connectivity index (χ0n) is 15.9. The number of aliphatic hydroxyl groups excluding tert-OH is 1. The maximum Gasteiger partial charge on any atom is 0.316 e. The second kappa shape index (κ2) is 9.00. The Balaban J connectivity index is 1.81. The molecule has 144 valence electrons. The van der Waals surface area contributed by atoms with Crippen LogP contribution >= 0.6 is 0 Å². The topological polar surface area (TPSA) is 74.2 Å². The van der Waals surface area contributed by atoms with Gasteiger partial charge in [0.2, 0.25) is 0 Å². The number of carbonyl (C=O) groups excluding carboxylic acids is 1. The first-order chi connectivity index (χ1) is 13.1. The van der Waals surface area contributed by atoms with Crippen molar-refractivity contribution in [2.24, 2.45) is 0 Å². The van der Waals surface area contributed by atoms with Crippen LogP contribution in [-0.2, 0) is 0 Å². The van der Waals surface area contributed by atoms with E-state index in [2.05, 4.69) is 15.6 Å². The lowest BCUT2D eigenvalue weighted by Gasteiger charge is -2.33. The van der Waals surface area contributed by atoms with Crippen LogP contribution in [0.4, 0.5) is 4.79 Å². The maximum absolute atomic E-state index is 12.9. The summed E-state index contributed by atoms with van der Waals surface area (Å²) in [7, 11) is 0. The van der Waals surface area contributed by atoms with Gasteiger partial charge in [-0.25, -0.2) is 4.79 Å². The smallest absolute Gasteiger partial charge is 0.316 e. The number of pyridine rings is 1. The largest absolute Gasteiger partial charge is 0.394 e. The Bertz CT molecular complexity index is 740. The molecule has 27 heavy (non-hydrogen) atoms. The van der Waals surface area contributed by atoms with Crippen molar-refractivity contribution in [3.05, 3.63) is 65.5 Å². The fourth-order valence-corrected chi connectivity index (χ4v) is 3.94. The number of aryl methyl sites for hydroxylation is 1. The first kappa shape index (κ1) is 19.4. The molecule has 1 unspecified atom stereocenters. The molecule has 1 atom stereocenters. The minimum Gasteiger partial charge on any atom is -0.394 e. The molecule has 0 radical (unpaired) electrons. The second-order valence-corrected chi connectivity index (χ2v) is 7.52. The highest BCUT2D eigenvalue weighted by atomic mass is 16.3. The quantitative estimate of drug-likeness (QED) is 0.703. The molecular weight excluding hydrogens is 338 g/mol. The van der Waals surface area contributed by atoms with Crippen molar-refractivity contribution in [3.63, 3.8) is 0 Å². The third-order valence-corrected chi connectivity index (χ3v) is 5.56. The van der Waals surface area contributed by atoms with Crippen LogP contribution in [-0.4, -0.2) is 28.3 Å². The number of urea groups is 1. The minimum absolute atomic E-state index is 0.0231. The van der Waals surface area contributed by atoms with Gasteiger partial charge in [0.25, 0.3) is 0 Å². The highest BCUT2D eigenvalue weighted by Gasteiger charge is 2.32. The van der Waals surface area contributed by atoms with E-state index in [9.17, 15) is 9.90 Å². The maximum atomic E-state index is 12.9. The van der Waals surface area contributed by atoms with E-state index in [1.807, 2.05) is 43.3 Å². The van der Waals surface area contributed by atoms with Gasteiger partial charge in [0, 0.05) is 12.4 Å². The van der Waals surface area contributed by atoms with Crippen molar-refractivity contribution in [1.29, 1.82) is 0 Å². The van der Waals surface area contributed by atoms with Crippen LogP contribution in [0.2, 0.25) is 0 Å². The highest BCUT2D eigenvalue weighted by Crippen LogP contribution is 2.28. The average molecular weight is 367 g/mol. The van der Waals surface area contributed by atoms with Crippen LogP contribution in [0.3, 0.4) is 0 Å². The summed E-state index contributed by atoms with van der Waals surface area (Å²) in [6, 6.07) is 11.4. The Morgan fingerprint density at radius 1 is 1.11 bits per heavy atom. The van der Waals surface area contributed by atoms with E-state index in [4.69, 9.17) is 0 Å². The molecule has 1 aliphatic carbocycles. The Labute approximate surface area is 161 Å². The summed E-state index contributed by atoms with van der Waals surface area (Å²) in [6.07, 6.45) is 9.50. The number of rotatable bonds is 5. The monoisotopic (exact) mass is 367 g/mol. The number of hydrogen-bond donors (Lipinski definition) is 3. The van der Waals surface area contributed by atoms with E-state index >= 15 is 0 Å². The SMILES string of the molecule is Cc1ccccc1C(NC(=O)NC1(CO)CCCCCC1)c1ccncc1. The number of nitrogens with zero attached hydrogens (tertiary/aromatic N) is 1. The molecule has 0 aliphatic heterocycles. The zero-order chi connectivity index (χ0) is 19.1. The normalized spacial score (nSPS) is 17.6. The lowest BCUT2D eigenvalue weighted by atomic mass is 9.91. The lowest BCUT2D eigenvalue weighted by Crippen LogP contribution is -2.54. The molecule has 5 heteroatoms. The Morgan fingerprint density at radius 3 is 2.41 bits per heavy atom. The number of hydrogen-bond acceptors (Lipinski definition) is 3. The predicted octanol–water partition coefficient (Wildman–Crippen LogP) is 3.86. The summed E-state index contributed by atoms with van der Waals surface area (Å²) in [5.41, 5.74) is 2.63. The molecule has 3 rings (SSSR count). The fourth-order valence-electron chi connectivity index (χ4n) is 3.94. The van der Waals surface area contributed by atoms with E-state index in [1.54, 1.807) is 12.4 Å². The van der Waals surface area contributed by atoms with Gasteiger partial charge in [-0.3, -0.25) is 4.98 Å².